The Morgan fingerprint density at radius 2 is 1.74 bits per heavy atom. The summed E-state index contributed by atoms with van der Waals surface area (Å²) in [6.45, 7) is 3.20. The molecule has 1 aromatic heterocycles. The fourth-order valence-electron chi connectivity index (χ4n) is 2.94. The fraction of sp³-hybridized carbons (Fsp3) is 0.400. The lowest BCUT2D eigenvalue weighted by atomic mass is 10.2. The first-order chi connectivity index (χ1) is 11.2. The molecule has 120 valence electrons. The molecule has 1 saturated heterocycles. The van der Waals surface area contributed by atoms with Crippen molar-refractivity contribution in [3.8, 4) is 11.5 Å². The molecule has 3 heterocycles. The number of anilines is 1. The van der Waals surface area contributed by atoms with Gasteiger partial charge in [0.1, 0.15) is 25.4 Å². The maximum Gasteiger partial charge on any atom is 0.407 e. The van der Waals surface area contributed by atoms with Gasteiger partial charge in [-0.25, -0.2) is 14.8 Å². The molecule has 4 rings (SSSR count). The van der Waals surface area contributed by atoms with Crippen molar-refractivity contribution in [1.82, 2.24) is 14.9 Å². The lowest BCUT2D eigenvalue weighted by Crippen LogP contribution is -2.48. The third-order valence-corrected chi connectivity index (χ3v) is 4.13. The molecule has 0 spiro atoms. The van der Waals surface area contributed by atoms with E-state index in [0.717, 1.165) is 16.7 Å². The van der Waals surface area contributed by atoms with Crippen LogP contribution in [0.25, 0.3) is 10.9 Å². The van der Waals surface area contributed by atoms with Crippen LogP contribution in [0.1, 0.15) is 0 Å². The monoisotopic (exact) mass is 316 g/mol. The third-order valence-electron chi connectivity index (χ3n) is 4.13. The van der Waals surface area contributed by atoms with E-state index in [1.807, 2.05) is 12.1 Å². The number of piperazine rings is 1. The zero-order chi connectivity index (χ0) is 15.8. The number of hydrogen-bond donors (Lipinski definition) is 1. The molecule has 1 N–H and O–H groups in total. The first-order valence-corrected chi connectivity index (χ1v) is 7.49. The van der Waals surface area contributed by atoms with E-state index in [9.17, 15) is 4.79 Å². The summed E-state index contributed by atoms with van der Waals surface area (Å²) in [5, 5.41) is 9.94. The molecule has 0 unspecified atom stereocenters. The molecule has 2 aliphatic rings. The molecule has 1 fully saturated rings. The molecule has 2 aromatic rings. The minimum atomic E-state index is -0.878. The quantitative estimate of drug-likeness (QED) is 0.845. The number of hydrogen-bond acceptors (Lipinski definition) is 6. The maximum atomic E-state index is 11.0. The number of fused-ring (bicyclic) bond motifs is 2. The van der Waals surface area contributed by atoms with Crippen LogP contribution in [0.4, 0.5) is 10.6 Å². The number of aromatic nitrogens is 2. The maximum absolute atomic E-state index is 11.0. The van der Waals surface area contributed by atoms with Crippen LogP contribution in [-0.4, -0.2) is 65.5 Å². The zero-order valence-corrected chi connectivity index (χ0v) is 12.4. The van der Waals surface area contributed by atoms with Gasteiger partial charge in [0.15, 0.2) is 11.5 Å². The van der Waals surface area contributed by atoms with Crippen molar-refractivity contribution in [2.75, 3.05) is 44.3 Å². The lowest BCUT2D eigenvalue weighted by molar-refractivity contribution is 0.142. The van der Waals surface area contributed by atoms with E-state index in [1.165, 1.54) is 11.2 Å². The van der Waals surface area contributed by atoms with Gasteiger partial charge in [-0.2, -0.15) is 0 Å². The van der Waals surface area contributed by atoms with E-state index >= 15 is 0 Å². The number of amides is 1. The fourth-order valence-corrected chi connectivity index (χ4v) is 2.94. The SMILES string of the molecule is O=C(O)N1CCN(c2ncnc3cc4c(cc23)OCCO4)CC1. The van der Waals surface area contributed by atoms with Crippen molar-refractivity contribution >= 4 is 22.8 Å². The Bertz CT molecular complexity index is 758. The summed E-state index contributed by atoms with van der Waals surface area (Å²) in [5.41, 5.74) is 0.792. The number of rotatable bonds is 1. The summed E-state index contributed by atoms with van der Waals surface area (Å²) < 4.78 is 11.2. The van der Waals surface area contributed by atoms with Crippen LogP contribution >= 0.6 is 0 Å². The molecule has 8 nitrogen and oxygen atoms in total. The molecule has 1 amide bonds. The lowest BCUT2D eigenvalue weighted by Gasteiger charge is -2.34. The summed E-state index contributed by atoms with van der Waals surface area (Å²) in [4.78, 5) is 23.2. The highest BCUT2D eigenvalue weighted by molar-refractivity contribution is 5.92. The zero-order valence-electron chi connectivity index (χ0n) is 12.4. The number of carboxylic acid groups (broad SMARTS) is 1. The van der Waals surface area contributed by atoms with Gasteiger partial charge in [-0.15, -0.1) is 0 Å². The Hall–Kier alpha value is -2.77. The number of benzene rings is 1. The van der Waals surface area contributed by atoms with Crippen molar-refractivity contribution in [3.63, 3.8) is 0 Å². The molecule has 0 bridgehead atoms. The first-order valence-electron chi connectivity index (χ1n) is 7.49. The van der Waals surface area contributed by atoms with Gasteiger partial charge in [0, 0.05) is 37.6 Å². The number of nitrogens with zero attached hydrogens (tertiary/aromatic N) is 4. The predicted molar refractivity (Wildman–Crippen MR) is 82.3 cm³/mol. The molecule has 0 aliphatic carbocycles. The number of carbonyl (C=O) groups is 1. The topological polar surface area (TPSA) is 88.0 Å². The summed E-state index contributed by atoms with van der Waals surface area (Å²) in [6.07, 6.45) is 0.647. The Morgan fingerprint density at radius 3 is 2.43 bits per heavy atom. The summed E-state index contributed by atoms with van der Waals surface area (Å²) in [6, 6.07) is 3.77. The second-order valence-electron chi connectivity index (χ2n) is 5.47. The molecular weight excluding hydrogens is 300 g/mol. The number of ether oxygens (including phenoxy) is 2. The first kappa shape index (κ1) is 13.9. The van der Waals surface area contributed by atoms with Crippen LogP contribution in [0.15, 0.2) is 18.5 Å². The second kappa shape index (κ2) is 5.45. The Balaban J connectivity index is 1.69. The summed E-state index contributed by atoms with van der Waals surface area (Å²) >= 11 is 0. The molecule has 23 heavy (non-hydrogen) atoms. The average molecular weight is 316 g/mol. The van der Waals surface area contributed by atoms with Crippen LogP contribution in [0, 0.1) is 0 Å². The van der Waals surface area contributed by atoms with Crippen LogP contribution in [0.5, 0.6) is 11.5 Å². The minimum Gasteiger partial charge on any atom is -0.486 e. The van der Waals surface area contributed by atoms with Crippen LogP contribution in [-0.2, 0) is 0 Å². The minimum absolute atomic E-state index is 0.464. The van der Waals surface area contributed by atoms with E-state index in [0.29, 0.717) is 50.9 Å². The summed E-state index contributed by atoms with van der Waals surface area (Å²) in [7, 11) is 0. The van der Waals surface area contributed by atoms with Gasteiger partial charge < -0.3 is 24.4 Å². The van der Waals surface area contributed by atoms with Crippen LogP contribution < -0.4 is 14.4 Å². The standard InChI is InChI=1S/C15H16N4O4/c20-15(21)19-3-1-18(2-4-19)14-10-7-12-13(23-6-5-22-12)8-11(10)16-9-17-14/h7-9H,1-6H2,(H,20,21). The molecule has 8 heteroatoms. The molecule has 2 aliphatic heterocycles. The summed E-state index contributed by atoms with van der Waals surface area (Å²) in [5.74, 6) is 2.20. The van der Waals surface area contributed by atoms with Gasteiger partial charge in [0.2, 0.25) is 0 Å². The van der Waals surface area contributed by atoms with E-state index in [-0.39, 0.29) is 0 Å². The van der Waals surface area contributed by atoms with E-state index in [1.54, 1.807) is 0 Å². The van der Waals surface area contributed by atoms with Gasteiger partial charge in [0.05, 0.1) is 5.52 Å². The van der Waals surface area contributed by atoms with Gasteiger partial charge >= 0.3 is 6.09 Å². The van der Waals surface area contributed by atoms with Crippen molar-refractivity contribution in [2.45, 2.75) is 0 Å². The van der Waals surface area contributed by atoms with Gasteiger partial charge in [-0.1, -0.05) is 0 Å². The van der Waals surface area contributed by atoms with Crippen LogP contribution in [0.2, 0.25) is 0 Å². The molecule has 0 saturated carbocycles. The highest BCUT2D eigenvalue weighted by Gasteiger charge is 2.23. The van der Waals surface area contributed by atoms with E-state index in [2.05, 4.69) is 14.9 Å². The highest BCUT2D eigenvalue weighted by Crippen LogP contribution is 2.36. The smallest absolute Gasteiger partial charge is 0.407 e. The predicted octanol–water partition coefficient (Wildman–Crippen LogP) is 1.20. The van der Waals surface area contributed by atoms with Crippen molar-refractivity contribution in [2.24, 2.45) is 0 Å². The Morgan fingerprint density at radius 1 is 1.04 bits per heavy atom. The second-order valence-corrected chi connectivity index (χ2v) is 5.47. The van der Waals surface area contributed by atoms with Crippen molar-refractivity contribution in [3.05, 3.63) is 18.5 Å². The van der Waals surface area contributed by atoms with Crippen molar-refractivity contribution < 1.29 is 19.4 Å². The van der Waals surface area contributed by atoms with Gasteiger partial charge in [-0.05, 0) is 6.07 Å². The highest BCUT2D eigenvalue weighted by atomic mass is 16.6. The Kier molecular flexibility index (Phi) is 3.29. The van der Waals surface area contributed by atoms with Crippen molar-refractivity contribution in [1.29, 1.82) is 0 Å². The molecule has 0 atom stereocenters. The van der Waals surface area contributed by atoms with Gasteiger partial charge in [-0.3, -0.25) is 0 Å². The molecule has 1 aromatic carbocycles. The van der Waals surface area contributed by atoms with E-state index in [4.69, 9.17) is 14.6 Å². The molecule has 0 radical (unpaired) electrons. The normalized spacial score (nSPS) is 17.4. The third kappa shape index (κ3) is 2.45. The largest absolute Gasteiger partial charge is 0.486 e. The average Bonchev–Trinajstić information content (AvgIpc) is 2.59. The van der Waals surface area contributed by atoms with Crippen LogP contribution in [0.3, 0.4) is 0 Å². The molecular formula is C15H16N4O4. The Labute approximate surface area is 132 Å². The van der Waals surface area contributed by atoms with E-state index < -0.39 is 6.09 Å². The van der Waals surface area contributed by atoms with Gasteiger partial charge in [0.25, 0.3) is 0 Å².